The highest BCUT2D eigenvalue weighted by atomic mass is 16.3. The van der Waals surface area contributed by atoms with E-state index in [1.165, 1.54) is 10.9 Å². The molecule has 25 heavy (non-hydrogen) atoms. The van der Waals surface area contributed by atoms with E-state index >= 15 is 0 Å². The van der Waals surface area contributed by atoms with Crippen molar-refractivity contribution in [3.63, 3.8) is 0 Å². The molecule has 7 heteroatoms. The highest BCUT2D eigenvalue weighted by molar-refractivity contribution is 6.08. The number of nitrogens with one attached hydrogen (secondary N) is 2. The van der Waals surface area contributed by atoms with Crippen LogP contribution in [0.15, 0.2) is 53.3 Å². The van der Waals surface area contributed by atoms with Gasteiger partial charge in [0.15, 0.2) is 5.69 Å². The average Bonchev–Trinajstić information content (AvgIpc) is 3.22. The van der Waals surface area contributed by atoms with Crippen molar-refractivity contribution < 1.29 is 14.0 Å². The van der Waals surface area contributed by atoms with Crippen LogP contribution in [-0.2, 0) is 13.6 Å². The maximum absolute atomic E-state index is 12.4. The Kier molecular flexibility index (Phi) is 4.65. The van der Waals surface area contributed by atoms with Crippen LogP contribution in [-0.4, -0.2) is 21.6 Å². The molecule has 0 fully saturated rings. The van der Waals surface area contributed by atoms with Crippen LogP contribution in [0.3, 0.4) is 0 Å². The van der Waals surface area contributed by atoms with Gasteiger partial charge in [0, 0.05) is 18.8 Å². The van der Waals surface area contributed by atoms with Gasteiger partial charge in [-0.05, 0) is 31.2 Å². The molecule has 1 aromatic carbocycles. The number of rotatable bonds is 5. The van der Waals surface area contributed by atoms with E-state index in [0.29, 0.717) is 17.0 Å². The van der Waals surface area contributed by atoms with Crippen molar-refractivity contribution in [3.8, 4) is 0 Å². The van der Waals surface area contributed by atoms with Crippen molar-refractivity contribution in [2.75, 3.05) is 5.32 Å². The van der Waals surface area contributed by atoms with Gasteiger partial charge < -0.3 is 15.1 Å². The number of anilines is 1. The first-order valence-corrected chi connectivity index (χ1v) is 7.75. The van der Waals surface area contributed by atoms with E-state index in [2.05, 4.69) is 15.7 Å². The Bertz CT molecular complexity index is 897. The molecule has 0 saturated heterocycles. The second-order valence-corrected chi connectivity index (χ2v) is 5.65. The molecule has 0 radical (unpaired) electrons. The molecular weight excluding hydrogens is 320 g/mol. The molecule has 0 aliphatic carbocycles. The Morgan fingerprint density at radius 2 is 2.04 bits per heavy atom. The fraction of sp³-hybridized carbons (Fsp3) is 0.167. The van der Waals surface area contributed by atoms with Crippen LogP contribution in [0.5, 0.6) is 0 Å². The molecule has 0 spiro atoms. The van der Waals surface area contributed by atoms with Crippen LogP contribution in [0.25, 0.3) is 0 Å². The minimum absolute atomic E-state index is 0.148. The van der Waals surface area contributed by atoms with E-state index in [0.717, 1.165) is 5.56 Å². The third-order valence-electron chi connectivity index (χ3n) is 3.58. The molecular formula is C18H18N4O3. The Labute approximate surface area is 144 Å². The summed E-state index contributed by atoms with van der Waals surface area (Å²) in [6.45, 7) is 2.15. The van der Waals surface area contributed by atoms with Crippen LogP contribution in [0, 0.1) is 6.92 Å². The van der Waals surface area contributed by atoms with Gasteiger partial charge in [-0.25, -0.2) is 0 Å². The summed E-state index contributed by atoms with van der Waals surface area (Å²) >= 11 is 0. The number of amides is 2. The molecule has 7 nitrogen and oxygen atoms in total. The monoisotopic (exact) mass is 338 g/mol. The van der Waals surface area contributed by atoms with Crippen LogP contribution in [0.2, 0.25) is 0 Å². The van der Waals surface area contributed by atoms with Crippen molar-refractivity contribution in [2.24, 2.45) is 7.05 Å². The molecule has 128 valence electrons. The number of aryl methyl sites for hydroxylation is 2. The molecule has 2 aromatic heterocycles. The number of aromatic nitrogens is 2. The van der Waals surface area contributed by atoms with E-state index in [4.69, 9.17) is 4.42 Å². The van der Waals surface area contributed by atoms with E-state index < -0.39 is 5.91 Å². The number of furan rings is 1. The summed E-state index contributed by atoms with van der Waals surface area (Å²) in [6.07, 6.45) is 3.13. The molecule has 0 aliphatic heterocycles. The summed E-state index contributed by atoms with van der Waals surface area (Å²) in [5, 5.41) is 9.59. The van der Waals surface area contributed by atoms with Gasteiger partial charge in [0.2, 0.25) is 0 Å². The number of carbonyl (C=O) groups is 2. The van der Waals surface area contributed by atoms with Gasteiger partial charge in [-0.1, -0.05) is 17.7 Å². The van der Waals surface area contributed by atoms with Crippen molar-refractivity contribution in [3.05, 3.63) is 71.4 Å². The van der Waals surface area contributed by atoms with Crippen molar-refractivity contribution in [1.82, 2.24) is 15.1 Å². The number of hydrogen-bond acceptors (Lipinski definition) is 4. The second-order valence-electron chi connectivity index (χ2n) is 5.65. The summed E-state index contributed by atoms with van der Waals surface area (Å²) in [6, 6.07) is 10.7. The first-order valence-electron chi connectivity index (χ1n) is 7.75. The summed E-state index contributed by atoms with van der Waals surface area (Å²) < 4.78 is 6.66. The zero-order chi connectivity index (χ0) is 17.8. The van der Waals surface area contributed by atoms with Crippen molar-refractivity contribution in [2.45, 2.75) is 13.5 Å². The van der Waals surface area contributed by atoms with Crippen molar-refractivity contribution >= 4 is 17.5 Å². The topological polar surface area (TPSA) is 89.2 Å². The quantitative estimate of drug-likeness (QED) is 0.748. The Balaban J connectivity index is 1.74. The van der Waals surface area contributed by atoms with E-state index in [1.54, 1.807) is 37.5 Å². The Morgan fingerprint density at radius 3 is 2.76 bits per heavy atom. The van der Waals surface area contributed by atoms with Crippen LogP contribution >= 0.6 is 0 Å². The number of carbonyl (C=O) groups excluding carboxylic acids is 2. The summed E-state index contributed by atoms with van der Waals surface area (Å²) in [4.78, 5) is 24.8. The maximum atomic E-state index is 12.4. The lowest BCUT2D eigenvalue weighted by Gasteiger charge is -2.06. The molecule has 0 unspecified atom stereocenters. The Morgan fingerprint density at radius 1 is 1.20 bits per heavy atom. The lowest BCUT2D eigenvalue weighted by atomic mass is 10.1. The van der Waals surface area contributed by atoms with Gasteiger partial charge in [-0.2, -0.15) is 5.10 Å². The largest absolute Gasteiger partial charge is 0.467 e. The number of benzene rings is 1. The highest BCUT2D eigenvalue weighted by Gasteiger charge is 2.18. The first kappa shape index (κ1) is 16.5. The molecule has 2 heterocycles. The lowest BCUT2D eigenvalue weighted by molar-refractivity contribution is 0.0943. The van der Waals surface area contributed by atoms with Gasteiger partial charge in [-0.15, -0.1) is 0 Å². The molecule has 2 N–H and O–H groups in total. The van der Waals surface area contributed by atoms with Gasteiger partial charge >= 0.3 is 0 Å². The summed E-state index contributed by atoms with van der Waals surface area (Å²) in [7, 11) is 1.69. The van der Waals surface area contributed by atoms with Crippen LogP contribution in [0.1, 0.15) is 32.2 Å². The van der Waals surface area contributed by atoms with Gasteiger partial charge in [0.1, 0.15) is 5.76 Å². The predicted octanol–water partition coefficient (Wildman–Crippen LogP) is 2.50. The summed E-state index contributed by atoms with van der Waals surface area (Å²) in [5.41, 5.74) is 2.00. The van der Waals surface area contributed by atoms with Crippen LogP contribution in [0.4, 0.5) is 5.69 Å². The average molecular weight is 338 g/mol. The minimum atomic E-state index is -0.392. The van der Waals surface area contributed by atoms with E-state index in [-0.39, 0.29) is 18.1 Å². The fourth-order valence-electron chi connectivity index (χ4n) is 2.39. The molecule has 2 amide bonds. The maximum Gasteiger partial charge on any atom is 0.274 e. The second kappa shape index (κ2) is 7.04. The third kappa shape index (κ3) is 3.95. The standard InChI is InChI=1S/C18H18N4O3/c1-12-5-3-6-13(9-12)17(23)20-15-11-22(2)21-16(15)18(24)19-10-14-7-4-8-25-14/h3-9,11H,10H2,1-2H3,(H,19,24)(H,20,23). The molecule has 0 bridgehead atoms. The Hall–Kier alpha value is -3.35. The smallest absolute Gasteiger partial charge is 0.274 e. The SMILES string of the molecule is Cc1cccc(C(=O)Nc2cn(C)nc2C(=O)NCc2ccco2)c1. The lowest BCUT2D eigenvalue weighted by Crippen LogP contribution is -2.25. The minimum Gasteiger partial charge on any atom is -0.467 e. The van der Waals surface area contributed by atoms with E-state index in [1.807, 2.05) is 19.1 Å². The number of nitrogens with zero attached hydrogens (tertiary/aromatic N) is 2. The highest BCUT2D eigenvalue weighted by Crippen LogP contribution is 2.15. The molecule has 3 aromatic rings. The fourth-order valence-corrected chi connectivity index (χ4v) is 2.39. The number of hydrogen-bond donors (Lipinski definition) is 2. The zero-order valence-electron chi connectivity index (χ0n) is 13.9. The molecule has 0 atom stereocenters. The summed E-state index contributed by atoms with van der Waals surface area (Å²) in [5.74, 6) is -0.0528. The zero-order valence-corrected chi connectivity index (χ0v) is 13.9. The third-order valence-corrected chi connectivity index (χ3v) is 3.58. The van der Waals surface area contributed by atoms with Gasteiger partial charge in [0.25, 0.3) is 11.8 Å². The normalized spacial score (nSPS) is 10.5. The van der Waals surface area contributed by atoms with Crippen LogP contribution < -0.4 is 10.6 Å². The van der Waals surface area contributed by atoms with E-state index in [9.17, 15) is 9.59 Å². The molecule has 0 saturated carbocycles. The predicted molar refractivity (Wildman–Crippen MR) is 92.2 cm³/mol. The molecule has 0 aliphatic rings. The van der Waals surface area contributed by atoms with Gasteiger partial charge in [0.05, 0.1) is 18.5 Å². The van der Waals surface area contributed by atoms with Gasteiger partial charge in [-0.3, -0.25) is 14.3 Å². The molecule has 3 rings (SSSR count). The first-order chi connectivity index (χ1) is 12.0. The van der Waals surface area contributed by atoms with Crippen molar-refractivity contribution in [1.29, 1.82) is 0 Å².